The lowest BCUT2D eigenvalue weighted by Crippen LogP contribution is -2.39. The Morgan fingerprint density at radius 1 is 1.41 bits per heavy atom. The van der Waals surface area contributed by atoms with Gasteiger partial charge < -0.3 is 15.2 Å². The van der Waals surface area contributed by atoms with Gasteiger partial charge in [0.1, 0.15) is 0 Å². The van der Waals surface area contributed by atoms with Gasteiger partial charge in [-0.2, -0.15) is 0 Å². The standard InChI is InChI=1S/C13H23NO3/c1-2-17-13(16)9-6-10-14-11-7-4-3-5-8-12(11)15/h6,9,11-12,14-15H,2-5,7-8,10H2,1H3/b9-6+. The molecular formula is C13H23NO3. The second kappa shape index (κ2) is 8.25. The summed E-state index contributed by atoms with van der Waals surface area (Å²) in [5.74, 6) is -0.310. The van der Waals surface area contributed by atoms with E-state index in [1.807, 2.05) is 0 Å². The lowest BCUT2D eigenvalue weighted by atomic mass is 10.1. The molecule has 0 aliphatic heterocycles. The molecule has 4 heteroatoms. The zero-order valence-electron chi connectivity index (χ0n) is 10.5. The lowest BCUT2D eigenvalue weighted by molar-refractivity contribution is -0.137. The molecule has 98 valence electrons. The molecule has 1 aliphatic carbocycles. The van der Waals surface area contributed by atoms with Crippen molar-refractivity contribution >= 4 is 5.97 Å². The Kier molecular flexibility index (Phi) is 6.89. The molecule has 2 atom stereocenters. The van der Waals surface area contributed by atoms with Crippen LogP contribution < -0.4 is 5.32 Å². The van der Waals surface area contributed by atoms with Crippen molar-refractivity contribution in [3.05, 3.63) is 12.2 Å². The quantitative estimate of drug-likeness (QED) is 0.434. The van der Waals surface area contributed by atoms with Crippen molar-refractivity contribution in [2.75, 3.05) is 13.2 Å². The Morgan fingerprint density at radius 3 is 2.94 bits per heavy atom. The first-order valence-electron chi connectivity index (χ1n) is 6.48. The molecule has 17 heavy (non-hydrogen) atoms. The Labute approximate surface area is 103 Å². The number of aliphatic hydroxyl groups is 1. The molecule has 0 amide bonds. The van der Waals surface area contributed by atoms with Crippen molar-refractivity contribution in [3.8, 4) is 0 Å². The van der Waals surface area contributed by atoms with Gasteiger partial charge in [-0.3, -0.25) is 0 Å². The summed E-state index contributed by atoms with van der Waals surface area (Å²) in [4.78, 5) is 11.0. The van der Waals surface area contributed by atoms with Crippen LogP contribution in [-0.2, 0) is 9.53 Å². The van der Waals surface area contributed by atoms with Crippen LogP contribution in [-0.4, -0.2) is 36.4 Å². The van der Waals surface area contributed by atoms with Crippen LogP contribution in [0.2, 0.25) is 0 Å². The van der Waals surface area contributed by atoms with Crippen molar-refractivity contribution in [3.63, 3.8) is 0 Å². The van der Waals surface area contributed by atoms with E-state index in [1.54, 1.807) is 13.0 Å². The van der Waals surface area contributed by atoms with Crippen LogP contribution in [0.4, 0.5) is 0 Å². The van der Waals surface area contributed by atoms with Gasteiger partial charge in [-0.25, -0.2) is 4.79 Å². The number of rotatable bonds is 5. The summed E-state index contributed by atoms with van der Waals surface area (Å²) >= 11 is 0. The van der Waals surface area contributed by atoms with Crippen LogP contribution in [0.3, 0.4) is 0 Å². The largest absolute Gasteiger partial charge is 0.463 e. The molecule has 0 saturated heterocycles. The summed E-state index contributed by atoms with van der Waals surface area (Å²) in [6.07, 6.45) is 8.28. The average molecular weight is 241 g/mol. The normalized spacial score (nSPS) is 25.8. The monoisotopic (exact) mass is 241 g/mol. The van der Waals surface area contributed by atoms with Gasteiger partial charge in [0.05, 0.1) is 12.7 Å². The molecule has 0 radical (unpaired) electrons. The first-order valence-corrected chi connectivity index (χ1v) is 6.48. The fourth-order valence-electron chi connectivity index (χ4n) is 2.09. The first-order chi connectivity index (χ1) is 8.24. The van der Waals surface area contributed by atoms with Gasteiger partial charge in [0.25, 0.3) is 0 Å². The highest BCUT2D eigenvalue weighted by Gasteiger charge is 2.20. The average Bonchev–Trinajstić information content (AvgIpc) is 2.50. The van der Waals surface area contributed by atoms with Gasteiger partial charge in [0.15, 0.2) is 0 Å². The van der Waals surface area contributed by atoms with E-state index in [9.17, 15) is 9.90 Å². The number of hydrogen-bond donors (Lipinski definition) is 2. The minimum atomic E-state index is -0.310. The summed E-state index contributed by atoms with van der Waals surface area (Å²) in [6.45, 7) is 2.78. The van der Waals surface area contributed by atoms with Gasteiger partial charge in [0, 0.05) is 18.7 Å². The number of aliphatic hydroxyl groups excluding tert-OH is 1. The Morgan fingerprint density at radius 2 is 2.18 bits per heavy atom. The molecule has 2 N–H and O–H groups in total. The zero-order valence-corrected chi connectivity index (χ0v) is 10.5. The second-order valence-electron chi connectivity index (χ2n) is 4.37. The summed E-state index contributed by atoms with van der Waals surface area (Å²) in [7, 11) is 0. The predicted molar refractivity (Wildman–Crippen MR) is 66.7 cm³/mol. The fraction of sp³-hybridized carbons (Fsp3) is 0.769. The van der Waals surface area contributed by atoms with Crippen molar-refractivity contribution in [1.29, 1.82) is 0 Å². The van der Waals surface area contributed by atoms with Crippen LogP contribution in [0.25, 0.3) is 0 Å². The Balaban J connectivity index is 2.22. The molecule has 1 saturated carbocycles. The molecule has 0 heterocycles. The van der Waals surface area contributed by atoms with E-state index in [0.717, 1.165) is 25.7 Å². The highest BCUT2D eigenvalue weighted by atomic mass is 16.5. The molecule has 0 aromatic carbocycles. The van der Waals surface area contributed by atoms with E-state index in [2.05, 4.69) is 5.32 Å². The molecule has 2 unspecified atom stereocenters. The third kappa shape index (κ3) is 5.84. The molecule has 0 spiro atoms. The molecule has 1 fully saturated rings. The number of ether oxygens (including phenoxy) is 1. The van der Waals surface area contributed by atoms with Crippen molar-refractivity contribution in [1.82, 2.24) is 5.32 Å². The fourth-order valence-corrected chi connectivity index (χ4v) is 2.09. The third-order valence-corrected chi connectivity index (χ3v) is 3.02. The maximum absolute atomic E-state index is 11.0. The maximum Gasteiger partial charge on any atom is 0.330 e. The van der Waals surface area contributed by atoms with E-state index < -0.39 is 0 Å². The van der Waals surface area contributed by atoms with Gasteiger partial charge >= 0.3 is 5.97 Å². The highest BCUT2D eigenvalue weighted by Crippen LogP contribution is 2.17. The number of carbonyl (C=O) groups excluding carboxylic acids is 1. The van der Waals surface area contributed by atoms with Crippen LogP contribution >= 0.6 is 0 Å². The van der Waals surface area contributed by atoms with Crippen LogP contribution in [0.15, 0.2) is 12.2 Å². The minimum absolute atomic E-state index is 0.157. The van der Waals surface area contributed by atoms with Gasteiger partial charge in [-0.1, -0.05) is 25.3 Å². The third-order valence-electron chi connectivity index (χ3n) is 3.02. The number of carbonyl (C=O) groups is 1. The molecule has 1 rings (SSSR count). The second-order valence-corrected chi connectivity index (χ2v) is 4.37. The van der Waals surface area contributed by atoms with Crippen molar-refractivity contribution in [2.45, 2.75) is 51.2 Å². The van der Waals surface area contributed by atoms with Gasteiger partial charge in [-0.05, 0) is 19.8 Å². The van der Waals surface area contributed by atoms with Crippen LogP contribution in [0, 0.1) is 0 Å². The van der Waals surface area contributed by atoms with Crippen LogP contribution in [0.5, 0.6) is 0 Å². The zero-order chi connectivity index (χ0) is 12.5. The minimum Gasteiger partial charge on any atom is -0.463 e. The van der Waals surface area contributed by atoms with E-state index in [-0.39, 0.29) is 18.1 Å². The first kappa shape index (κ1) is 14.2. The number of nitrogens with one attached hydrogen (secondary N) is 1. The summed E-state index contributed by atoms with van der Waals surface area (Å²) in [5, 5.41) is 13.1. The van der Waals surface area contributed by atoms with E-state index >= 15 is 0 Å². The Bertz CT molecular complexity index is 253. The van der Waals surface area contributed by atoms with E-state index in [4.69, 9.17) is 4.74 Å². The van der Waals surface area contributed by atoms with Gasteiger partial charge in [-0.15, -0.1) is 0 Å². The molecule has 4 nitrogen and oxygen atoms in total. The number of hydrogen-bond acceptors (Lipinski definition) is 4. The summed E-state index contributed by atoms with van der Waals surface area (Å²) in [5.41, 5.74) is 0. The topological polar surface area (TPSA) is 58.6 Å². The SMILES string of the molecule is CCOC(=O)/C=C/CNC1CCCCCC1O. The molecular weight excluding hydrogens is 218 g/mol. The molecule has 1 aliphatic rings. The van der Waals surface area contributed by atoms with Crippen LogP contribution in [0.1, 0.15) is 39.0 Å². The highest BCUT2D eigenvalue weighted by molar-refractivity contribution is 5.81. The van der Waals surface area contributed by atoms with E-state index in [1.165, 1.54) is 12.5 Å². The van der Waals surface area contributed by atoms with Crippen molar-refractivity contribution < 1.29 is 14.6 Å². The predicted octanol–water partition coefficient (Wildman–Crippen LogP) is 1.39. The van der Waals surface area contributed by atoms with E-state index in [0.29, 0.717) is 13.2 Å². The summed E-state index contributed by atoms with van der Waals surface area (Å²) < 4.78 is 4.77. The van der Waals surface area contributed by atoms with Gasteiger partial charge in [0.2, 0.25) is 0 Å². The number of esters is 1. The molecule has 0 aromatic rings. The maximum atomic E-state index is 11.0. The molecule has 0 bridgehead atoms. The Hall–Kier alpha value is -0.870. The molecule has 0 aromatic heterocycles. The van der Waals surface area contributed by atoms with Crippen molar-refractivity contribution in [2.24, 2.45) is 0 Å². The lowest BCUT2D eigenvalue weighted by Gasteiger charge is -2.20. The smallest absolute Gasteiger partial charge is 0.330 e. The summed E-state index contributed by atoms with van der Waals surface area (Å²) in [6, 6.07) is 0.157.